The molecule has 0 aliphatic heterocycles. The quantitative estimate of drug-likeness (QED) is 0.574. The van der Waals surface area contributed by atoms with E-state index in [0.29, 0.717) is 36.1 Å². The molecule has 4 nitrogen and oxygen atoms in total. The molecule has 3 rings (SSSR count). The van der Waals surface area contributed by atoms with Crippen LogP contribution in [-0.4, -0.2) is 19.1 Å². The summed E-state index contributed by atoms with van der Waals surface area (Å²) in [4.78, 5) is 12.4. The fraction of sp³-hybridized carbons (Fsp3) is 0.136. The summed E-state index contributed by atoms with van der Waals surface area (Å²) in [5.41, 5.74) is 1.40. The molecule has 3 aromatic carbocycles. The summed E-state index contributed by atoms with van der Waals surface area (Å²) in [7, 11) is 0. The first kappa shape index (κ1) is 18.8. The van der Waals surface area contributed by atoms with E-state index in [1.165, 1.54) is 0 Å². The molecule has 0 atom stereocenters. The zero-order valence-electron chi connectivity index (χ0n) is 14.7. The molecule has 0 aromatic heterocycles. The SMILES string of the molecule is O=C(NCc1ccccc1Cl)c1cccc(OCCOc2ccccc2)c1. The van der Waals surface area contributed by atoms with Crippen molar-refractivity contribution in [1.29, 1.82) is 0 Å². The van der Waals surface area contributed by atoms with Crippen molar-refractivity contribution < 1.29 is 14.3 Å². The third-order valence-electron chi connectivity index (χ3n) is 3.86. The van der Waals surface area contributed by atoms with Crippen molar-refractivity contribution in [2.24, 2.45) is 0 Å². The van der Waals surface area contributed by atoms with Gasteiger partial charge < -0.3 is 14.8 Å². The van der Waals surface area contributed by atoms with E-state index in [1.54, 1.807) is 24.3 Å². The second kappa shape index (κ2) is 9.64. The molecular formula is C22H20ClNO3. The summed E-state index contributed by atoms with van der Waals surface area (Å²) < 4.78 is 11.3. The van der Waals surface area contributed by atoms with E-state index in [0.717, 1.165) is 11.3 Å². The number of carbonyl (C=O) groups excluding carboxylic acids is 1. The predicted octanol–water partition coefficient (Wildman–Crippen LogP) is 4.73. The molecule has 0 saturated heterocycles. The fourth-order valence-corrected chi connectivity index (χ4v) is 2.68. The van der Waals surface area contributed by atoms with Gasteiger partial charge in [-0.05, 0) is 42.0 Å². The molecule has 0 fully saturated rings. The summed E-state index contributed by atoms with van der Waals surface area (Å²) in [5, 5.41) is 3.50. The third-order valence-corrected chi connectivity index (χ3v) is 4.23. The van der Waals surface area contributed by atoms with Gasteiger partial charge in [-0.3, -0.25) is 4.79 Å². The van der Waals surface area contributed by atoms with E-state index in [-0.39, 0.29) is 5.91 Å². The van der Waals surface area contributed by atoms with Crippen LogP contribution < -0.4 is 14.8 Å². The maximum absolute atomic E-state index is 12.4. The van der Waals surface area contributed by atoms with Crippen molar-refractivity contribution in [2.45, 2.75) is 6.54 Å². The van der Waals surface area contributed by atoms with Crippen LogP contribution in [0.15, 0.2) is 78.9 Å². The molecule has 0 radical (unpaired) electrons. The summed E-state index contributed by atoms with van der Waals surface area (Å²) in [5.74, 6) is 1.24. The summed E-state index contributed by atoms with van der Waals surface area (Å²) in [6, 6.07) is 24.0. The second-order valence-electron chi connectivity index (χ2n) is 5.81. The normalized spacial score (nSPS) is 10.3. The third kappa shape index (κ3) is 5.76. The van der Waals surface area contributed by atoms with Crippen molar-refractivity contribution in [1.82, 2.24) is 5.32 Å². The molecule has 0 unspecified atom stereocenters. The minimum atomic E-state index is -0.180. The molecule has 0 heterocycles. The van der Waals surface area contributed by atoms with Gasteiger partial charge in [-0.25, -0.2) is 0 Å². The van der Waals surface area contributed by atoms with E-state index >= 15 is 0 Å². The number of halogens is 1. The Morgan fingerprint density at radius 2 is 1.48 bits per heavy atom. The summed E-state index contributed by atoms with van der Waals surface area (Å²) in [6.45, 7) is 1.18. The van der Waals surface area contributed by atoms with Gasteiger partial charge in [-0.2, -0.15) is 0 Å². The molecule has 0 saturated carbocycles. The van der Waals surface area contributed by atoms with Gasteiger partial charge in [-0.1, -0.05) is 54.1 Å². The molecular weight excluding hydrogens is 362 g/mol. The van der Waals surface area contributed by atoms with E-state index in [4.69, 9.17) is 21.1 Å². The first-order chi connectivity index (χ1) is 13.2. The Hall–Kier alpha value is -2.98. The summed E-state index contributed by atoms with van der Waals surface area (Å²) >= 11 is 6.11. The van der Waals surface area contributed by atoms with Crippen LogP contribution in [0.5, 0.6) is 11.5 Å². The van der Waals surface area contributed by atoms with Gasteiger partial charge in [-0.15, -0.1) is 0 Å². The van der Waals surface area contributed by atoms with Crippen LogP contribution in [0.2, 0.25) is 5.02 Å². The van der Waals surface area contributed by atoms with Crippen molar-refractivity contribution in [3.63, 3.8) is 0 Å². The van der Waals surface area contributed by atoms with Crippen molar-refractivity contribution in [3.8, 4) is 11.5 Å². The maximum atomic E-state index is 12.4. The smallest absolute Gasteiger partial charge is 0.251 e. The van der Waals surface area contributed by atoms with Gasteiger partial charge in [0.1, 0.15) is 24.7 Å². The number of hydrogen-bond donors (Lipinski definition) is 1. The largest absolute Gasteiger partial charge is 0.490 e. The highest BCUT2D eigenvalue weighted by Crippen LogP contribution is 2.16. The Labute approximate surface area is 163 Å². The van der Waals surface area contributed by atoms with Gasteiger partial charge in [0.2, 0.25) is 0 Å². The monoisotopic (exact) mass is 381 g/mol. The van der Waals surface area contributed by atoms with Gasteiger partial charge in [0.05, 0.1) is 0 Å². The first-order valence-electron chi connectivity index (χ1n) is 8.65. The lowest BCUT2D eigenvalue weighted by atomic mass is 10.2. The van der Waals surface area contributed by atoms with Crippen LogP contribution in [0.1, 0.15) is 15.9 Å². The van der Waals surface area contributed by atoms with Crippen LogP contribution in [0.25, 0.3) is 0 Å². The molecule has 0 spiro atoms. The van der Waals surface area contributed by atoms with Gasteiger partial charge in [0, 0.05) is 17.1 Å². The number of para-hydroxylation sites is 1. The van der Waals surface area contributed by atoms with Crippen molar-refractivity contribution in [3.05, 3.63) is 95.0 Å². The Morgan fingerprint density at radius 3 is 2.26 bits per heavy atom. The Morgan fingerprint density at radius 1 is 0.815 bits per heavy atom. The molecule has 0 bridgehead atoms. The van der Waals surface area contributed by atoms with Crippen LogP contribution in [0.4, 0.5) is 0 Å². The van der Waals surface area contributed by atoms with E-state index in [2.05, 4.69) is 5.32 Å². The topological polar surface area (TPSA) is 47.6 Å². The zero-order chi connectivity index (χ0) is 18.9. The second-order valence-corrected chi connectivity index (χ2v) is 6.22. The summed E-state index contributed by atoms with van der Waals surface area (Å²) in [6.07, 6.45) is 0. The minimum Gasteiger partial charge on any atom is -0.490 e. The zero-order valence-corrected chi connectivity index (χ0v) is 15.5. The maximum Gasteiger partial charge on any atom is 0.251 e. The number of amides is 1. The molecule has 1 amide bonds. The number of hydrogen-bond acceptors (Lipinski definition) is 3. The van der Waals surface area contributed by atoms with Gasteiger partial charge in [0.25, 0.3) is 5.91 Å². The number of nitrogens with one attached hydrogen (secondary N) is 1. The average Bonchev–Trinajstić information content (AvgIpc) is 2.71. The number of benzene rings is 3. The lowest BCUT2D eigenvalue weighted by Gasteiger charge is -2.10. The van der Waals surface area contributed by atoms with E-state index in [9.17, 15) is 4.79 Å². The van der Waals surface area contributed by atoms with Crippen molar-refractivity contribution >= 4 is 17.5 Å². The lowest BCUT2D eigenvalue weighted by molar-refractivity contribution is 0.0950. The molecule has 5 heteroatoms. The highest BCUT2D eigenvalue weighted by Gasteiger charge is 2.08. The highest BCUT2D eigenvalue weighted by atomic mass is 35.5. The van der Waals surface area contributed by atoms with Crippen LogP contribution in [0.3, 0.4) is 0 Å². The van der Waals surface area contributed by atoms with Crippen LogP contribution in [0, 0.1) is 0 Å². The first-order valence-corrected chi connectivity index (χ1v) is 9.02. The van der Waals surface area contributed by atoms with Crippen LogP contribution in [-0.2, 0) is 6.54 Å². The number of ether oxygens (including phenoxy) is 2. The van der Waals surface area contributed by atoms with Crippen LogP contribution >= 0.6 is 11.6 Å². The van der Waals surface area contributed by atoms with Crippen molar-refractivity contribution in [2.75, 3.05) is 13.2 Å². The average molecular weight is 382 g/mol. The molecule has 0 aliphatic rings. The van der Waals surface area contributed by atoms with E-state index < -0.39 is 0 Å². The molecule has 27 heavy (non-hydrogen) atoms. The number of rotatable bonds is 8. The standard InChI is InChI=1S/C22H20ClNO3/c23-21-12-5-4-7-18(21)16-24-22(25)17-8-6-11-20(15-17)27-14-13-26-19-9-2-1-3-10-19/h1-12,15H,13-14,16H2,(H,24,25). The van der Waals surface area contributed by atoms with Gasteiger partial charge in [0.15, 0.2) is 0 Å². The Kier molecular flexibility index (Phi) is 6.72. The Bertz CT molecular complexity index is 883. The molecule has 1 N–H and O–H groups in total. The predicted molar refractivity (Wildman–Crippen MR) is 106 cm³/mol. The highest BCUT2D eigenvalue weighted by molar-refractivity contribution is 6.31. The fourth-order valence-electron chi connectivity index (χ4n) is 2.48. The molecule has 0 aliphatic carbocycles. The molecule has 3 aromatic rings. The van der Waals surface area contributed by atoms with Gasteiger partial charge >= 0.3 is 0 Å². The van der Waals surface area contributed by atoms with E-state index in [1.807, 2.05) is 54.6 Å². The Balaban J connectivity index is 1.49. The molecule has 138 valence electrons. The number of carbonyl (C=O) groups is 1. The lowest BCUT2D eigenvalue weighted by Crippen LogP contribution is -2.23. The minimum absolute atomic E-state index is 0.180.